The third-order valence-corrected chi connectivity index (χ3v) is 5.75. The molecular formula is C13H9BrF2N2S2. The van der Waals surface area contributed by atoms with Crippen LogP contribution in [0.25, 0.3) is 9.40 Å². The van der Waals surface area contributed by atoms with Crippen LogP contribution in [0.1, 0.15) is 16.5 Å². The second kappa shape index (κ2) is 5.50. The minimum atomic E-state index is -0.711. The van der Waals surface area contributed by atoms with Crippen LogP contribution in [0.2, 0.25) is 0 Å². The van der Waals surface area contributed by atoms with E-state index in [4.69, 9.17) is 5.84 Å². The molecule has 2 nitrogen and oxygen atoms in total. The molecule has 0 spiro atoms. The van der Waals surface area contributed by atoms with E-state index in [1.807, 2.05) is 17.5 Å². The van der Waals surface area contributed by atoms with E-state index in [-0.39, 0.29) is 10.0 Å². The van der Waals surface area contributed by atoms with Gasteiger partial charge in [-0.25, -0.2) is 14.2 Å². The molecule has 104 valence electrons. The first-order chi connectivity index (χ1) is 9.61. The first-order valence-corrected chi connectivity index (χ1v) is 8.17. The Bertz CT molecular complexity index is 740. The number of hydrogen-bond donors (Lipinski definition) is 2. The summed E-state index contributed by atoms with van der Waals surface area (Å²) in [5, 5.41) is 1.98. The zero-order chi connectivity index (χ0) is 14.3. The predicted molar refractivity (Wildman–Crippen MR) is 82.9 cm³/mol. The summed E-state index contributed by atoms with van der Waals surface area (Å²) < 4.78 is 30.6. The van der Waals surface area contributed by atoms with E-state index in [9.17, 15) is 8.78 Å². The Morgan fingerprint density at radius 3 is 2.70 bits per heavy atom. The Kier molecular flexibility index (Phi) is 3.87. The summed E-state index contributed by atoms with van der Waals surface area (Å²) in [6.45, 7) is 0. The number of hydrogen-bond acceptors (Lipinski definition) is 4. The zero-order valence-electron chi connectivity index (χ0n) is 9.99. The van der Waals surface area contributed by atoms with Crippen LogP contribution in [0.4, 0.5) is 8.78 Å². The molecule has 1 aromatic carbocycles. The molecule has 0 radical (unpaired) electrons. The lowest BCUT2D eigenvalue weighted by Gasteiger charge is -2.17. The van der Waals surface area contributed by atoms with Crippen molar-refractivity contribution < 1.29 is 8.78 Å². The molecule has 0 aliphatic carbocycles. The summed E-state index contributed by atoms with van der Waals surface area (Å²) in [7, 11) is 0. The molecule has 0 saturated carbocycles. The average Bonchev–Trinajstić information content (AvgIpc) is 3.00. The number of nitrogens with one attached hydrogen (secondary N) is 1. The molecule has 0 bridgehead atoms. The van der Waals surface area contributed by atoms with Crippen LogP contribution in [0.5, 0.6) is 0 Å². The third kappa shape index (κ3) is 2.29. The highest BCUT2D eigenvalue weighted by Crippen LogP contribution is 2.37. The molecule has 1 unspecified atom stereocenters. The number of nitrogens with two attached hydrogens (primary N) is 1. The van der Waals surface area contributed by atoms with Gasteiger partial charge in [-0.3, -0.25) is 5.84 Å². The van der Waals surface area contributed by atoms with E-state index < -0.39 is 17.7 Å². The SMILES string of the molecule is NNC(c1cc2sccc2s1)c1c(F)ccc(Br)c1F. The maximum absolute atomic E-state index is 14.2. The van der Waals surface area contributed by atoms with E-state index in [0.717, 1.165) is 14.3 Å². The summed E-state index contributed by atoms with van der Waals surface area (Å²) in [6.07, 6.45) is 0. The lowest BCUT2D eigenvalue weighted by Crippen LogP contribution is -2.29. The quantitative estimate of drug-likeness (QED) is 0.400. The number of rotatable bonds is 3. The van der Waals surface area contributed by atoms with Crippen molar-refractivity contribution in [2.45, 2.75) is 6.04 Å². The predicted octanol–water partition coefficient (Wildman–Crippen LogP) is 4.56. The Hall–Kier alpha value is -0.860. The molecule has 3 N–H and O–H groups in total. The van der Waals surface area contributed by atoms with E-state index in [0.29, 0.717) is 0 Å². The Balaban J connectivity index is 2.15. The summed E-state index contributed by atoms with van der Waals surface area (Å²) >= 11 is 6.13. The molecule has 0 aliphatic heterocycles. The van der Waals surface area contributed by atoms with Crippen LogP contribution in [-0.4, -0.2) is 0 Å². The van der Waals surface area contributed by atoms with Gasteiger partial charge in [0.15, 0.2) is 0 Å². The summed E-state index contributed by atoms with van der Waals surface area (Å²) in [5.74, 6) is 4.27. The van der Waals surface area contributed by atoms with E-state index in [1.54, 1.807) is 11.3 Å². The molecule has 1 atom stereocenters. The molecule has 3 rings (SSSR count). The number of thiophene rings is 2. The number of halogens is 3. The highest BCUT2D eigenvalue weighted by molar-refractivity contribution is 9.10. The van der Waals surface area contributed by atoms with Gasteiger partial charge in [0.25, 0.3) is 0 Å². The van der Waals surface area contributed by atoms with Crippen LogP contribution in [0.3, 0.4) is 0 Å². The van der Waals surface area contributed by atoms with Gasteiger partial charge in [0.05, 0.1) is 10.5 Å². The molecule has 0 fully saturated rings. The van der Waals surface area contributed by atoms with Crippen molar-refractivity contribution in [1.29, 1.82) is 0 Å². The molecule has 0 saturated heterocycles. The van der Waals surface area contributed by atoms with E-state index >= 15 is 0 Å². The van der Waals surface area contributed by atoms with E-state index in [1.165, 1.54) is 23.5 Å². The summed E-state index contributed by atoms with van der Waals surface area (Å²) in [6, 6.07) is 5.75. The first-order valence-electron chi connectivity index (χ1n) is 5.68. The molecular weight excluding hydrogens is 366 g/mol. The summed E-state index contributed by atoms with van der Waals surface area (Å²) in [5.41, 5.74) is 2.44. The van der Waals surface area contributed by atoms with Crippen LogP contribution < -0.4 is 11.3 Å². The van der Waals surface area contributed by atoms with Crippen LogP contribution >= 0.6 is 38.6 Å². The zero-order valence-corrected chi connectivity index (χ0v) is 13.2. The second-order valence-corrected chi connectivity index (χ2v) is 7.07. The lowest BCUT2D eigenvalue weighted by atomic mass is 10.0. The van der Waals surface area contributed by atoms with Crippen molar-refractivity contribution in [3.05, 3.63) is 56.2 Å². The van der Waals surface area contributed by atoms with Gasteiger partial charge in [0.1, 0.15) is 11.6 Å². The van der Waals surface area contributed by atoms with E-state index in [2.05, 4.69) is 21.4 Å². The topological polar surface area (TPSA) is 38.0 Å². The molecule has 2 heterocycles. The first kappa shape index (κ1) is 14.1. The maximum atomic E-state index is 14.2. The number of fused-ring (bicyclic) bond motifs is 1. The Labute approximate surface area is 130 Å². The number of hydrazine groups is 1. The van der Waals surface area contributed by atoms with Gasteiger partial charge >= 0.3 is 0 Å². The highest BCUT2D eigenvalue weighted by Gasteiger charge is 2.24. The molecule has 0 amide bonds. The van der Waals surface area contributed by atoms with Crippen molar-refractivity contribution in [1.82, 2.24) is 5.43 Å². The van der Waals surface area contributed by atoms with Gasteiger partial charge in [-0.2, -0.15) is 0 Å². The average molecular weight is 375 g/mol. The van der Waals surface area contributed by atoms with Gasteiger partial charge in [-0.15, -0.1) is 22.7 Å². The standard InChI is InChI=1S/C13H9BrF2N2S2/c14-6-1-2-7(15)11(12(6)16)13(18-17)10-5-9-8(20-10)3-4-19-9/h1-5,13,18H,17H2. The molecule has 20 heavy (non-hydrogen) atoms. The minimum Gasteiger partial charge on any atom is -0.271 e. The van der Waals surface area contributed by atoms with Crippen LogP contribution in [0, 0.1) is 11.6 Å². The molecule has 0 aliphatic rings. The van der Waals surface area contributed by atoms with Crippen molar-refractivity contribution in [2.24, 2.45) is 5.84 Å². The van der Waals surface area contributed by atoms with Gasteiger partial charge in [-0.1, -0.05) is 0 Å². The van der Waals surface area contributed by atoms with Crippen molar-refractivity contribution >= 4 is 48.0 Å². The van der Waals surface area contributed by atoms with Gasteiger partial charge in [0.2, 0.25) is 0 Å². The van der Waals surface area contributed by atoms with Crippen molar-refractivity contribution in [3.63, 3.8) is 0 Å². The van der Waals surface area contributed by atoms with Crippen molar-refractivity contribution in [2.75, 3.05) is 0 Å². The number of benzene rings is 1. The fraction of sp³-hybridized carbons (Fsp3) is 0.0769. The van der Waals surface area contributed by atoms with Crippen LogP contribution in [0.15, 0.2) is 34.1 Å². The fourth-order valence-corrected chi connectivity index (χ4v) is 4.58. The molecule has 3 aromatic rings. The molecule has 2 aromatic heterocycles. The summed E-state index contributed by atoms with van der Waals surface area (Å²) in [4.78, 5) is 0.783. The van der Waals surface area contributed by atoms with Gasteiger partial charge < -0.3 is 0 Å². The Morgan fingerprint density at radius 1 is 1.20 bits per heavy atom. The minimum absolute atomic E-state index is 0.0734. The van der Waals surface area contributed by atoms with Gasteiger partial charge in [-0.05, 0) is 45.6 Å². The lowest BCUT2D eigenvalue weighted by molar-refractivity contribution is 0.510. The Morgan fingerprint density at radius 2 is 2.00 bits per heavy atom. The normalized spacial score (nSPS) is 13.0. The maximum Gasteiger partial charge on any atom is 0.145 e. The molecule has 7 heteroatoms. The van der Waals surface area contributed by atoms with Crippen molar-refractivity contribution in [3.8, 4) is 0 Å². The van der Waals surface area contributed by atoms with Gasteiger partial charge in [0, 0.05) is 19.8 Å². The smallest absolute Gasteiger partial charge is 0.145 e. The fourth-order valence-electron chi connectivity index (χ4n) is 2.04. The highest BCUT2D eigenvalue weighted by atomic mass is 79.9. The monoisotopic (exact) mass is 374 g/mol. The third-order valence-electron chi connectivity index (χ3n) is 2.98. The second-order valence-electron chi connectivity index (χ2n) is 4.15. The van der Waals surface area contributed by atoms with Crippen LogP contribution in [-0.2, 0) is 0 Å². The largest absolute Gasteiger partial charge is 0.271 e.